The maximum atomic E-state index is 14.6. The van der Waals surface area contributed by atoms with Crippen molar-refractivity contribution in [3.8, 4) is 17.6 Å². The number of hydrogen-bond acceptors (Lipinski definition) is 8. The first-order chi connectivity index (χ1) is 15.4. The molecule has 11 heteroatoms. The van der Waals surface area contributed by atoms with Crippen LogP contribution in [0.2, 0.25) is 0 Å². The fourth-order valence-corrected chi connectivity index (χ4v) is 4.42. The Morgan fingerprint density at radius 2 is 2.09 bits per heavy atom. The lowest BCUT2D eigenvalue weighted by Crippen LogP contribution is -2.39. The minimum absolute atomic E-state index is 0.0611. The number of benzene rings is 1. The van der Waals surface area contributed by atoms with E-state index in [2.05, 4.69) is 15.1 Å². The molecule has 6 rings (SSSR count). The number of nitriles is 1. The fourth-order valence-electron chi connectivity index (χ4n) is 4.42. The van der Waals surface area contributed by atoms with Crippen molar-refractivity contribution in [3.63, 3.8) is 0 Å². The molecule has 0 bridgehead atoms. The molecule has 1 saturated carbocycles. The molecule has 2 fully saturated rings. The molecule has 1 saturated heterocycles. The van der Waals surface area contributed by atoms with Crippen LogP contribution in [0.5, 0.6) is 0 Å². The van der Waals surface area contributed by atoms with E-state index in [1.165, 1.54) is 27.4 Å². The molecule has 1 aliphatic heterocycles. The minimum Gasteiger partial charge on any atom is -0.380 e. The smallest absolute Gasteiger partial charge is 0.280 e. The van der Waals surface area contributed by atoms with Crippen LogP contribution in [-0.4, -0.2) is 35.8 Å². The quantitative estimate of drug-likeness (QED) is 0.517. The topological polar surface area (TPSA) is 131 Å². The first-order valence-corrected chi connectivity index (χ1v) is 10.2. The normalized spacial score (nSPS) is 21.9. The van der Waals surface area contributed by atoms with Gasteiger partial charge >= 0.3 is 0 Å². The summed E-state index contributed by atoms with van der Waals surface area (Å²) in [4.78, 5) is 22.4. The van der Waals surface area contributed by atoms with Crippen LogP contribution in [0.1, 0.15) is 44.1 Å². The van der Waals surface area contributed by atoms with Crippen LogP contribution in [-0.2, 0) is 16.1 Å². The van der Waals surface area contributed by atoms with Crippen molar-refractivity contribution < 1.29 is 18.8 Å². The first-order valence-electron chi connectivity index (χ1n) is 10.2. The summed E-state index contributed by atoms with van der Waals surface area (Å²) in [6, 6.07) is 4.56. The fraction of sp³-hybridized carbons (Fsp3) is 0.381. The van der Waals surface area contributed by atoms with Gasteiger partial charge in [-0.25, -0.2) is 9.37 Å². The zero-order valence-electron chi connectivity index (χ0n) is 17.0. The summed E-state index contributed by atoms with van der Waals surface area (Å²) in [5.74, 6) is -0.587. The van der Waals surface area contributed by atoms with Gasteiger partial charge in [0, 0.05) is 6.61 Å². The van der Waals surface area contributed by atoms with Crippen molar-refractivity contribution in [1.29, 1.82) is 5.26 Å². The maximum Gasteiger partial charge on any atom is 0.280 e. The molecular weight excluding hydrogens is 419 g/mol. The molecule has 1 unspecified atom stereocenters. The van der Waals surface area contributed by atoms with Crippen molar-refractivity contribution in [1.82, 2.24) is 24.1 Å². The maximum absolute atomic E-state index is 14.6. The molecule has 1 aliphatic carbocycles. The minimum atomic E-state index is -1.13. The summed E-state index contributed by atoms with van der Waals surface area (Å²) >= 11 is 0. The van der Waals surface area contributed by atoms with Gasteiger partial charge < -0.3 is 14.4 Å². The number of nitrogens with zero attached hydrogens (tertiary/aromatic N) is 6. The second kappa shape index (κ2) is 6.21. The van der Waals surface area contributed by atoms with E-state index in [4.69, 9.17) is 9.26 Å². The Morgan fingerprint density at radius 1 is 1.28 bits per heavy atom. The standard InChI is InChI=1S/C21H17FN6O4/c1-20(5-2-8-31-20)28-15-11(9-23)12(22)3-4-13(15)27-10-24-14(16(27)18(28)29)17-25-19(32-26-17)21(30)6-7-21/h3-4,10,30H,2,5-8H2,1H3. The molecule has 4 heterocycles. The molecule has 1 N–H and O–H groups in total. The van der Waals surface area contributed by atoms with Gasteiger partial charge in [0.25, 0.3) is 11.4 Å². The van der Waals surface area contributed by atoms with E-state index in [9.17, 15) is 19.6 Å². The highest BCUT2D eigenvalue weighted by atomic mass is 19.1. The van der Waals surface area contributed by atoms with Gasteiger partial charge in [0.1, 0.15) is 46.3 Å². The van der Waals surface area contributed by atoms with Crippen LogP contribution >= 0.6 is 0 Å². The predicted molar refractivity (Wildman–Crippen MR) is 107 cm³/mol. The van der Waals surface area contributed by atoms with Crippen molar-refractivity contribution in [3.05, 3.63) is 46.1 Å². The number of imidazole rings is 1. The number of rotatable bonds is 3. The Kier molecular flexibility index (Phi) is 3.71. The summed E-state index contributed by atoms with van der Waals surface area (Å²) < 4.78 is 28.5. The Balaban J connectivity index is 1.72. The molecule has 2 aliphatic rings. The van der Waals surface area contributed by atoms with E-state index < -0.39 is 22.7 Å². The van der Waals surface area contributed by atoms with Crippen molar-refractivity contribution in [2.24, 2.45) is 0 Å². The molecule has 0 amide bonds. The van der Waals surface area contributed by atoms with Crippen molar-refractivity contribution in [2.45, 2.75) is 43.9 Å². The highest BCUT2D eigenvalue weighted by Crippen LogP contribution is 2.44. The Bertz CT molecular complexity index is 1520. The van der Waals surface area contributed by atoms with E-state index in [1.54, 1.807) is 6.92 Å². The predicted octanol–water partition coefficient (Wildman–Crippen LogP) is 2.17. The summed E-state index contributed by atoms with van der Waals surface area (Å²) in [5, 5.41) is 23.8. The SMILES string of the molecule is CC1(n2c(=O)c3c(-c4noc(C5(O)CC5)n4)ncn3c3ccc(F)c(C#N)c32)CCCO1. The highest BCUT2D eigenvalue weighted by Gasteiger charge is 2.48. The van der Waals surface area contributed by atoms with Gasteiger partial charge in [-0.15, -0.1) is 0 Å². The average molecular weight is 436 g/mol. The summed E-state index contributed by atoms with van der Waals surface area (Å²) in [5.41, 5.74) is -2.10. The van der Waals surface area contributed by atoms with Crippen molar-refractivity contribution >= 4 is 16.6 Å². The number of ether oxygens (including phenoxy) is 1. The van der Waals surface area contributed by atoms with E-state index in [0.717, 1.165) is 0 Å². The van der Waals surface area contributed by atoms with Crippen LogP contribution in [0.4, 0.5) is 4.39 Å². The molecule has 1 atom stereocenters. The van der Waals surface area contributed by atoms with Gasteiger partial charge in [0.05, 0.1) is 11.0 Å². The third-order valence-corrected chi connectivity index (χ3v) is 6.30. The van der Waals surface area contributed by atoms with Gasteiger partial charge in [0.2, 0.25) is 5.82 Å². The lowest BCUT2D eigenvalue weighted by Gasteiger charge is -2.28. The Morgan fingerprint density at radius 3 is 2.78 bits per heavy atom. The third kappa shape index (κ3) is 2.44. The van der Waals surface area contributed by atoms with E-state index in [-0.39, 0.29) is 34.0 Å². The van der Waals surface area contributed by atoms with E-state index >= 15 is 0 Å². The van der Waals surface area contributed by atoms with Crippen molar-refractivity contribution in [2.75, 3.05) is 6.61 Å². The van der Waals surface area contributed by atoms with Crippen LogP contribution in [0.15, 0.2) is 27.8 Å². The highest BCUT2D eigenvalue weighted by molar-refractivity contribution is 5.87. The van der Waals surface area contributed by atoms with Crippen LogP contribution < -0.4 is 5.56 Å². The van der Waals surface area contributed by atoms with Gasteiger partial charge in [0.15, 0.2) is 0 Å². The summed E-state index contributed by atoms with van der Waals surface area (Å²) in [7, 11) is 0. The number of halogens is 1. The number of aliphatic hydroxyl groups is 1. The summed E-state index contributed by atoms with van der Waals surface area (Å²) in [6.07, 6.45) is 3.67. The molecule has 162 valence electrons. The monoisotopic (exact) mass is 436 g/mol. The third-order valence-electron chi connectivity index (χ3n) is 6.30. The van der Waals surface area contributed by atoms with E-state index in [0.29, 0.717) is 37.8 Å². The molecule has 3 aromatic heterocycles. The largest absolute Gasteiger partial charge is 0.380 e. The van der Waals surface area contributed by atoms with Gasteiger partial charge in [-0.3, -0.25) is 13.8 Å². The van der Waals surface area contributed by atoms with Crippen LogP contribution in [0.25, 0.3) is 28.1 Å². The number of aromatic nitrogens is 5. The Hall–Kier alpha value is -3.62. The molecule has 4 aromatic rings. The van der Waals surface area contributed by atoms with E-state index in [1.807, 2.05) is 6.07 Å². The zero-order valence-corrected chi connectivity index (χ0v) is 17.0. The van der Waals surface area contributed by atoms with Gasteiger partial charge in [-0.1, -0.05) is 5.16 Å². The lowest BCUT2D eigenvalue weighted by atomic mass is 10.1. The average Bonchev–Trinajstić information content (AvgIpc) is 3.19. The van der Waals surface area contributed by atoms with Gasteiger partial charge in [-0.05, 0) is 44.7 Å². The van der Waals surface area contributed by atoms with Crippen LogP contribution in [0, 0.1) is 17.1 Å². The molecule has 1 aromatic carbocycles. The molecule has 0 spiro atoms. The second-order valence-electron chi connectivity index (χ2n) is 8.44. The molecular formula is C21H17FN6O4. The number of hydrogen-bond donors (Lipinski definition) is 1. The molecule has 10 nitrogen and oxygen atoms in total. The van der Waals surface area contributed by atoms with Gasteiger partial charge in [-0.2, -0.15) is 10.2 Å². The first kappa shape index (κ1) is 19.1. The lowest BCUT2D eigenvalue weighted by molar-refractivity contribution is -0.0448. The number of fused-ring (bicyclic) bond motifs is 3. The van der Waals surface area contributed by atoms with Crippen LogP contribution in [0.3, 0.4) is 0 Å². The molecule has 32 heavy (non-hydrogen) atoms. The molecule has 0 radical (unpaired) electrons. The summed E-state index contributed by atoms with van der Waals surface area (Å²) in [6.45, 7) is 2.18. The zero-order chi connectivity index (χ0) is 22.3. The Labute approximate surface area is 179 Å². The second-order valence-corrected chi connectivity index (χ2v) is 8.44.